The molecule has 0 spiro atoms. The van der Waals surface area contributed by atoms with Gasteiger partial charge in [-0.05, 0) is 56.6 Å². The molecular formula is C17H20ClN3O3S. The summed E-state index contributed by atoms with van der Waals surface area (Å²) in [6.07, 6.45) is 0. The number of hydrogen-bond donors (Lipinski definition) is 2. The zero-order valence-electron chi connectivity index (χ0n) is 14.0. The molecule has 2 N–H and O–H groups in total. The molecule has 2 aromatic rings. The smallest absolute Gasteiger partial charge is 0.261 e. The van der Waals surface area contributed by atoms with E-state index in [0.29, 0.717) is 23.8 Å². The Hall–Kier alpha value is -2.09. The molecule has 6 nitrogen and oxygen atoms in total. The highest BCUT2D eigenvalue weighted by molar-refractivity contribution is 7.92. The second kappa shape index (κ2) is 8.33. The Balaban J connectivity index is 2.13. The summed E-state index contributed by atoms with van der Waals surface area (Å²) in [6, 6.07) is 12.2. The predicted molar refractivity (Wildman–Crippen MR) is 99.6 cm³/mol. The largest absolute Gasteiger partial charge is 0.351 e. The van der Waals surface area contributed by atoms with Gasteiger partial charge in [-0.1, -0.05) is 17.7 Å². The molecule has 2 aromatic carbocycles. The van der Waals surface area contributed by atoms with Gasteiger partial charge < -0.3 is 10.2 Å². The van der Waals surface area contributed by atoms with Crippen LogP contribution >= 0.6 is 11.6 Å². The van der Waals surface area contributed by atoms with Crippen molar-refractivity contribution >= 4 is 33.2 Å². The number of hydrogen-bond acceptors (Lipinski definition) is 4. The van der Waals surface area contributed by atoms with Crippen LogP contribution < -0.4 is 10.0 Å². The van der Waals surface area contributed by atoms with E-state index in [-0.39, 0.29) is 16.4 Å². The number of likely N-dealkylation sites (N-methyl/N-ethyl adjacent to an activating group) is 1. The SMILES string of the molecule is CN(C)CCNC(=O)c1cccc(S(=O)(=O)Nc2ccc(Cl)cc2)c1. The minimum atomic E-state index is -3.80. The van der Waals surface area contributed by atoms with Crippen LogP contribution in [0.1, 0.15) is 10.4 Å². The van der Waals surface area contributed by atoms with Crippen LogP contribution in [0, 0.1) is 0 Å². The van der Waals surface area contributed by atoms with Crippen LogP contribution in [0.3, 0.4) is 0 Å². The van der Waals surface area contributed by atoms with E-state index in [2.05, 4.69) is 10.0 Å². The summed E-state index contributed by atoms with van der Waals surface area (Å²) in [5.41, 5.74) is 0.683. The zero-order valence-corrected chi connectivity index (χ0v) is 15.6. The van der Waals surface area contributed by atoms with E-state index < -0.39 is 10.0 Å². The lowest BCUT2D eigenvalue weighted by Crippen LogP contribution is -2.31. The lowest BCUT2D eigenvalue weighted by atomic mass is 10.2. The van der Waals surface area contributed by atoms with Crippen molar-refractivity contribution in [3.05, 3.63) is 59.1 Å². The van der Waals surface area contributed by atoms with Crippen molar-refractivity contribution in [2.24, 2.45) is 0 Å². The molecule has 0 saturated carbocycles. The molecule has 0 aliphatic carbocycles. The van der Waals surface area contributed by atoms with Gasteiger partial charge >= 0.3 is 0 Å². The van der Waals surface area contributed by atoms with Gasteiger partial charge in [0.15, 0.2) is 0 Å². The second-order valence-electron chi connectivity index (χ2n) is 5.70. The monoisotopic (exact) mass is 381 g/mol. The summed E-state index contributed by atoms with van der Waals surface area (Å²) in [4.78, 5) is 14.1. The topological polar surface area (TPSA) is 78.5 Å². The number of halogens is 1. The number of anilines is 1. The molecule has 0 aliphatic rings. The van der Waals surface area contributed by atoms with Crippen molar-refractivity contribution in [3.63, 3.8) is 0 Å². The summed E-state index contributed by atoms with van der Waals surface area (Å²) >= 11 is 5.79. The van der Waals surface area contributed by atoms with E-state index in [0.717, 1.165) is 0 Å². The highest BCUT2D eigenvalue weighted by Crippen LogP contribution is 2.19. The van der Waals surface area contributed by atoms with Crippen LogP contribution in [-0.2, 0) is 10.0 Å². The van der Waals surface area contributed by atoms with Crippen LogP contribution in [0.5, 0.6) is 0 Å². The Morgan fingerprint density at radius 2 is 1.80 bits per heavy atom. The number of rotatable bonds is 7. The van der Waals surface area contributed by atoms with Crippen LogP contribution in [0.4, 0.5) is 5.69 Å². The number of sulfonamides is 1. The molecule has 8 heteroatoms. The van der Waals surface area contributed by atoms with Crippen molar-refractivity contribution in [1.29, 1.82) is 0 Å². The number of amides is 1. The quantitative estimate of drug-likeness (QED) is 0.772. The van der Waals surface area contributed by atoms with E-state index in [1.807, 2.05) is 19.0 Å². The predicted octanol–water partition coefficient (Wildman–Crippen LogP) is 2.43. The maximum atomic E-state index is 12.5. The van der Waals surface area contributed by atoms with Crippen molar-refractivity contribution in [2.45, 2.75) is 4.90 Å². The van der Waals surface area contributed by atoms with E-state index in [4.69, 9.17) is 11.6 Å². The maximum absolute atomic E-state index is 12.5. The first-order valence-corrected chi connectivity index (χ1v) is 9.45. The molecule has 0 bridgehead atoms. The van der Waals surface area contributed by atoms with Crippen LogP contribution in [0.2, 0.25) is 5.02 Å². The summed E-state index contributed by atoms with van der Waals surface area (Å²) in [6.45, 7) is 1.17. The Morgan fingerprint density at radius 3 is 2.44 bits per heavy atom. The van der Waals surface area contributed by atoms with Crippen LogP contribution in [0.15, 0.2) is 53.4 Å². The first kappa shape index (κ1) is 19.2. The lowest BCUT2D eigenvalue weighted by Gasteiger charge is -2.11. The first-order valence-electron chi connectivity index (χ1n) is 7.59. The van der Waals surface area contributed by atoms with Crippen molar-refractivity contribution in [3.8, 4) is 0 Å². The normalized spacial score (nSPS) is 11.4. The van der Waals surface area contributed by atoms with Crippen molar-refractivity contribution in [2.75, 3.05) is 31.9 Å². The average molecular weight is 382 g/mol. The van der Waals surface area contributed by atoms with Crippen LogP contribution in [-0.4, -0.2) is 46.4 Å². The molecule has 0 aromatic heterocycles. The van der Waals surface area contributed by atoms with Gasteiger partial charge in [0.2, 0.25) is 0 Å². The standard InChI is InChI=1S/C17H20ClN3O3S/c1-21(2)11-10-19-17(22)13-4-3-5-16(12-13)25(23,24)20-15-8-6-14(18)7-9-15/h3-9,12,20H,10-11H2,1-2H3,(H,19,22). The molecule has 2 rings (SSSR count). The molecule has 0 atom stereocenters. The third-order valence-corrected chi connectivity index (χ3v) is 4.98. The highest BCUT2D eigenvalue weighted by Gasteiger charge is 2.16. The van der Waals surface area contributed by atoms with Gasteiger partial charge in [0.25, 0.3) is 15.9 Å². The second-order valence-corrected chi connectivity index (χ2v) is 7.82. The Labute approximate surface area is 152 Å². The molecular weight excluding hydrogens is 362 g/mol. The van der Waals surface area contributed by atoms with E-state index in [9.17, 15) is 13.2 Å². The third-order valence-electron chi connectivity index (χ3n) is 3.35. The number of nitrogens with one attached hydrogen (secondary N) is 2. The van der Waals surface area contributed by atoms with Gasteiger partial charge in [0, 0.05) is 29.4 Å². The molecule has 0 heterocycles. The average Bonchev–Trinajstić information content (AvgIpc) is 2.56. The minimum Gasteiger partial charge on any atom is -0.351 e. The molecule has 0 aliphatic heterocycles. The van der Waals surface area contributed by atoms with Crippen LogP contribution in [0.25, 0.3) is 0 Å². The fraction of sp³-hybridized carbons (Fsp3) is 0.235. The molecule has 134 valence electrons. The van der Waals surface area contributed by atoms with Gasteiger partial charge in [0.1, 0.15) is 0 Å². The molecule has 0 saturated heterocycles. The number of benzene rings is 2. The first-order chi connectivity index (χ1) is 11.8. The molecule has 1 amide bonds. The van der Waals surface area contributed by atoms with Crippen molar-refractivity contribution < 1.29 is 13.2 Å². The van der Waals surface area contributed by atoms with Gasteiger partial charge in [-0.25, -0.2) is 8.42 Å². The maximum Gasteiger partial charge on any atom is 0.261 e. The fourth-order valence-electron chi connectivity index (χ4n) is 2.03. The lowest BCUT2D eigenvalue weighted by molar-refractivity contribution is 0.0951. The Kier molecular flexibility index (Phi) is 6.41. The van der Waals surface area contributed by atoms with Gasteiger partial charge in [-0.2, -0.15) is 0 Å². The number of carbonyl (C=O) groups excluding carboxylic acids is 1. The van der Waals surface area contributed by atoms with Crippen molar-refractivity contribution in [1.82, 2.24) is 10.2 Å². The van der Waals surface area contributed by atoms with E-state index in [1.54, 1.807) is 30.3 Å². The minimum absolute atomic E-state index is 0.0164. The molecule has 25 heavy (non-hydrogen) atoms. The summed E-state index contributed by atoms with van der Waals surface area (Å²) in [5, 5.41) is 3.27. The number of carbonyl (C=O) groups is 1. The van der Waals surface area contributed by atoms with E-state index in [1.165, 1.54) is 18.2 Å². The number of nitrogens with zero attached hydrogens (tertiary/aromatic N) is 1. The Morgan fingerprint density at radius 1 is 1.12 bits per heavy atom. The third kappa shape index (κ3) is 5.74. The summed E-state index contributed by atoms with van der Waals surface area (Å²) < 4.78 is 27.4. The fourth-order valence-corrected chi connectivity index (χ4v) is 3.26. The summed E-state index contributed by atoms with van der Waals surface area (Å²) in [7, 11) is 0.0116. The Bertz CT molecular complexity index is 836. The molecule has 0 fully saturated rings. The zero-order chi connectivity index (χ0) is 18.4. The highest BCUT2D eigenvalue weighted by atomic mass is 35.5. The summed E-state index contributed by atoms with van der Waals surface area (Å²) in [5.74, 6) is -0.314. The van der Waals surface area contributed by atoms with Gasteiger partial charge in [0.05, 0.1) is 4.90 Å². The van der Waals surface area contributed by atoms with E-state index >= 15 is 0 Å². The van der Waals surface area contributed by atoms with Gasteiger partial charge in [-0.15, -0.1) is 0 Å². The molecule has 0 radical (unpaired) electrons. The van der Waals surface area contributed by atoms with Gasteiger partial charge in [-0.3, -0.25) is 9.52 Å². The molecule has 0 unspecified atom stereocenters.